The predicted octanol–water partition coefficient (Wildman–Crippen LogP) is 2.86. The summed E-state index contributed by atoms with van der Waals surface area (Å²) in [5.74, 6) is 0.310. The number of halogens is 4. The molecule has 1 aromatic heterocycles. The monoisotopic (exact) mass is 342 g/mol. The Balaban J connectivity index is 1.70. The molecule has 0 aliphatic carbocycles. The first-order valence-corrected chi connectivity index (χ1v) is 7.70. The lowest BCUT2D eigenvalue weighted by Crippen LogP contribution is -2.38. The fraction of sp³-hybridized carbons (Fsp3) is 0.438. The van der Waals surface area contributed by atoms with E-state index in [0.717, 1.165) is 5.56 Å². The van der Waals surface area contributed by atoms with Crippen LogP contribution in [0.3, 0.4) is 0 Å². The number of H-pyrrole nitrogens is 1. The van der Waals surface area contributed by atoms with Crippen molar-refractivity contribution in [2.24, 2.45) is 0 Å². The average Bonchev–Trinajstić information content (AvgIpc) is 3.16. The van der Waals surface area contributed by atoms with Gasteiger partial charge in [-0.15, -0.1) is 0 Å². The van der Waals surface area contributed by atoms with Crippen LogP contribution in [0.2, 0.25) is 0 Å². The van der Waals surface area contributed by atoms with Gasteiger partial charge in [0, 0.05) is 31.5 Å². The lowest BCUT2D eigenvalue weighted by Gasteiger charge is -2.23. The van der Waals surface area contributed by atoms with E-state index in [-0.39, 0.29) is 17.9 Å². The fourth-order valence-corrected chi connectivity index (χ4v) is 3.03. The number of nitrogens with one attached hydrogen (secondary N) is 2. The molecule has 4 nitrogen and oxygen atoms in total. The summed E-state index contributed by atoms with van der Waals surface area (Å²) in [4.78, 5) is 8.63. The second-order valence-corrected chi connectivity index (χ2v) is 5.96. The Morgan fingerprint density at radius 2 is 2.04 bits per heavy atom. The molecule has 0 unspecified atom stereocenters. The molecular formula is C16H18F4N4. The van der Waals surface area contributed by atoms with Crippen molar-refractivity contribution in [2.45, 2.75) is 24.7 Å². The van der Waals surface area contributed by atoms with Crippen LogP contribution in [0, 0.1) is 5.82 Å². The number of nitrogens with zero attached hydrogens (tertiary/aromatic N) is 2. The molecule has 0 saturated carbocycles. The van der Waals surface area contributed by atoms with Crippen LogP contribution in [0.1, 0.15) is 23.9 Å². The Morgan fingerprint density at radius 1 is 1.29 bits per heavy atom. The molecule has 1 aliphatic rings. The summed E-state index contributed by atoms with van der Waals surface area (Å²) in [7, 11) is 0. The van der Waals surface area contributed by atoms with Crippen molar-refractivity contribution in [2.75, 3.05) is 19.6 Å². The summed E-state index contributed by atoms with van der Waals surface area (Å²) in [6.07, 6.45) is -0.281. The third kappa shape index (κ3) is 4.33. The third-order valence-corrected chi connectivity index (χ3v) is 4.07. The number of benzene rings is 1. The van der Waals surface area contributed by atoms with Crippen LogP contribution in [0.25, 0.3) is 0 Å². The molecule has 1 aromatic carbocycles. The molecule has 8 heteroatoms. The van der Waals surface area contributed by atoms with E-state index in [1.54, 1.807) is 24.5 Å². The van der Waals surface area contributed by atoms with Crippen LogP contribution < -0.4 is 5.32 Å². The topological polar surface area (TPSA) is 44.0 Å². The second kappa shape index (κ2) is 6.90. The molecule has 24 heavy (non-hydrogen) atoms. The number of aromatic amines is 1. The van der Waals surface area contributed by atoms with Crippen molar-refractivity contribution in [3.63, 3.8) is 0 Å². The zero-order valence-electron chi connectivity index (χ0n) is 12.9. The summed E-state index contributed by atoms with van der Waals surface area (Å²) in [5, 5.41) is 3.34. The average molecular weight is 342 g/mol. The van der Waals surface area contributed by atoms with Gasteiger partial charge < -0.3 is 4.98 Å². The van der Waals surface area contributed by atoms with Gasteiger partial charge in [0.2, 0.25) is 0 Å². The Kier molecular flexibility index (Phi) is 4.86. The number of alkyl halides is 3. The predicted molar refractivity (Wildman–Crippen MR) is 80.9 cm³/mol. The molecule has 3 rings (SSSR count). The van der Waals surface area contributed by atoms with Crippen LogP contribution in [-0.4, -0.2) is 46.7 Å². The highest BCUT2D eigenvalue weighted by atomic mass is 19.4. The van der Waals surface area contributed by atoms with Crippen LogP contribution >= 0.6 is 0 Å². The highest BCUT2D eigenvalue weighted by Gasteiger charge is 2.35. The van der Waals surface area contributed by atoms with Crippen molar-refractivity contribution < 1.29 is 17.6 Å². The van der Waals surface area contributed by atoms with Crippen molar-refractivity contribution >= 4 is 0 Å². The third-order valence-electron chi connectivity index (χ3n) is 4.07. The van der Waals surface area contributed by atoms with Crippen LogP contribution in [0.5, 0.6) is 0 Å². The van der Waals surface area contributed by atoms with Gasteiger partial charge in [0.15, 0.2) is 0 Å². The molecule has 2 heterocycles. The maximum absolute atomic E-state index is 13.1. The minimum Gasteiger partial charge on any atom is -0.347 e. The zero-order chi connectivity index (χ0) is 17.2. The molecule has 0 amide bonds. The zero-order valence-corrected chi connectivity index (χ0v) is 12.9. The molecule has 1 saturated heterocycles. The van der Waals surface area contributed by atoms with E-state index in [2.05, 4.69) is 15.3 Å². The number of hydrogen-bond acceptors (Lipinski definition) is 3. The summed E-state index contributed by atoms with van der Waals surface area (Å²) in [6, 6.07) is 5.61. The highest BCUT2D eigenvalue weighted by molar-refractivity contribution is 5.25. The second-order valence-electron chi connectivity index (χ2n) is 5.96. The molecule has 1 aliphatic heterocycles. The number of imidazole rings is 1. The summed E-state index contributed by atoms with van der Waals surface area (Å²) in [5.41, 5.74) is 0.806. The van der Waals surface area contributed by atoms with E-state index >= 15 is 0 Å². The maximum Gasteiger partial charge on any atom is 0.401 e. The Hall–Kier alpha value is -1.93. The van der Waals surface area contributed by atoms with Crippen LogP contribution in [0.4, 0.5) is 17.6 Å². The van der Waals surface area contributed by atoms with E-state index in [9.17, 15) is 17.6 Å². The van der Waals surface area contributed by atoms with Gasteiger partial charge in [0.1, 0.15) is 11.6 Å². The fourth-order valence-electron chi connectivity index (χ4n) is 3.03. The van der Waals surface area contributed by atoms with E-state index in [1.165, 1.54) is 17.0 Å². The molecule has 2 aromatic rings. The van der Waals surface area contributed by atoms with Gasteiger partial charge in [0.05, 0.1) is 12.6 Å². The number of rotatable bonds is 5. The van der Waals surface area contributed by atoms with Gasteiger partial charge >= 0.3 is 6.18 Å². The van der Waals surface area contributed by atoms with Gasteiger partial charge in [-0.05, 0) is 24.1 Å². The number of aromatic nitrogens is 2. The van der Waals surface area contributed by atoms with Crippen molar-refractivity contribution in [1.82, 2.24) is 20.2 Å². The molecular weight excluding hydrogens is 324 g/mol. The Morgan fingerprint density at radius 3 is 2.67 bits per heavy atom. The van der Waals surface area contributed by atoms with E-state index in [1.807, 2.05) is 0 Å². The van der Waals surface area contributed by atoms with Gasteiger partial charge in [-0.3, -0.25) is 10.2 Å². The maximum atomic E-state index is 13.1. The quantitative estimate of drug-likeness (QED) is 0.822. The summed E-state index contributed by atoms with van der Waals surface area (Å²) in [6.45, 7) is -0.184. The molecule has 130 valence electrons. The van der Waals surface area contributed by atoms with Crippen LogP contribution in [-0.2, 0) is 0 Å². The normalized spacial score (nSPS) is 20.4. The minimum atomic E-state index is -4.19. The lowest BCUT2D eigenvalue weighted by atomic mass is 10.0. The summed E-state index contributed by atoms with van der Waals surface area (Å²) < 4.78 is 50.7. The molecule has 1 fully saturated rings. The van der Waals surface area contributed by atoms with Gasteiger partial charge in [-0.1, -0.05) is 12.1 Å². The molecule has 2 atom stereocenters. The lowest BCUT2D eigenvalue weighted by molar-refractivity contribution is -0.143. The highest BCUT2D eigenvalue weighted by Crippen LogP contribution is 2.24. The number of likely N-dealkylation sites (tertiary alicyclic amines) is 1. The first-order valence-electron chi connectivity index (χ1n) is 7.70. The smallest absolute Gasteiger partial charge is 0.347 e. The molecule has 0 bridgehead atoms. The van der Waals surface area contributed by atoms with E-state index in [0.29, 0.717) is 25.3 Å². The van der Waals surface area contributed by atoms with Crippen LogP contribution in [0.15, 0.2) is 36.7 Å². The van der Waals surface area contributed by atoms with Gasteiger partial charge in [0.25, 0.3) is 0 Å². The molecule has 0 radical (unpaired) electrons. The molecule has 2 N–H and O–H groups in total. The summed E-state index contributed by atoms with van der Waals surface area (Å²) >= 11 is 0. The van der Waals surface area contributed by atoms with Gasteiger partial charge in [-0.2, -0.15) is 13.2 Å². The first kappa shape index (κ1) is 16.9. The van der Waals surface area contributed by atoms with Crippen molar-refractivity contribution in [3.05, 3.63) is 53.9 Å². The standard InChI is InChI=1S/C16H18F4N4/c17-12-3-1-11(2-4-12)14(15-21-6-7-22-15)23-13-5-8-24(9-13)10-16(18,19)20/h1-4,6-7,13-14,23H,5,8-10H2,(H,21,22)/t13-,14-/m1/s1. The Labute approximate surface area is 136 Å². The van der Waals surface area contributed by atoms with E-state index < -0.39 is 12.7 Å². The Bertz CT molecular complexity index is 639. The first-order chi connectivity index (χ1) is 11.4. The molecule has 0 spiro atoms. The minimum absolute atomic E-state index is 0.0903. The van der Waals surface area contributed by atoms with Gasteiger partial charge in [-0.25, -0.2) is 9.37 Å². The largest absolute Gasteiger partial charge is 0.401 e. The van der Waals surface area contributed by atoms with E-state index in [4.69, 9.17) is 0 Å². The van der Waals surface area contributed by atoms with Crippen molar-refractivity contribution in [1.29, 1.82) is 0 Å². The number of hydrogen-bond donors (Lipinski definition) is 2. The van der Waals surface area contributed by atoms with Crippen molar-refractivity contribution in [3.8, 4) is 0 Å². The SMILES string of the molecule is Fc1ccc([C@@H](N[C@@H]2CCN(CC(F)(F)F)C2)c2ncc[nH]2)cc1.